The molecule has 0 spiro atoms. The summed E-state index contributed by atoms with van der Waals surface area (Å²) in [4.78, 5) is 0. The van der Waals surface area contributed by atoms with Crippen LogP contribution in [0.25, 0.3) is 0 Å². The van der Waals surface area contributed by atoms with Gasteiger partial charge in [-0.15, -0.1) is 0 Å². The van der Waals surface area contributed by atoms with Crippen LogP contribution in [0.15, 0.2) is 42.7 Å². The average Bonchev–Trinajstić information content (AvgIpc) is 3.22. The third-order valence-electron chi connectivity index (χ3n) is 5.72. The summed E-state index contributed by atoms with van der Waals surface area (Å²) in [6.07, 6.45) is 11.3. The molecule has 4 rings (SSSR count). The molecule has 2 saturated carbocycles. The van der Waals surface area contributed by atoms with E-state index < -0.39 is 0 Å². The van der Waals surface area contributed by atoms with Gasteiger partial charge >= 0.3 is 0 Å². The van der Waals surface area contributed by atoms with E-state index in [4.69, 9.17) is 4.74 Å². The van der Waals surface area contributed by atoms with E-state index in [1.54, 1.807) is 6.20 Å². The van der Waals surface area contributed by atoms with Crippen molar-refractivity contribution in [2.75, 3.05) is 0 Å². The largest absolute Gasteiger partial charge is 0.484 e. The topological polar surface area (TPSA) is 47.3 Å². The highest BCUT2D eigenvalue weighted by atomic mass is 16.5. The van der Waals surface area contributed by atoms with Crippen molar-refractivity contribution < 1.29 is 9.84 Å². The number of aliphatic hydroxyl groups is 1. The number of aliphatic hydroxyl groups excluding tert-OH is 1. The predicted molar refractivity (Wildman–Crippen MR) is 97.5 cm³/mol. The Morgan fingerprint density at radius 3 is 2.60 bits per heavy atom. The lowest BCUT2D eigenvalue weighted by Gasteiger charge is -2.24. The Kier molecular flexibility index (Phi) is 5.07. The second kappa shape index (κ2) is 7.61. The van der Waals surface area contributed by atoms with Crippen LogP contribution in [-0.4, -0.2) is 27.1 Å². The fourth-order valence-electron chi connectivity index (χ4n) is 4.14. The number of nitrogens with zero attached hydrogens (tertiary/aromatic N) is 2. The second-order valence-corrected chi connectivity index (χ2v) is 7.70. The molecule has 2 aliphatic rings. The molecule has 0 amide bonds. The highest BCUT2D eigenvalue weighted by molar-refractivity contribution is 5.17. The van der Waals surface area contributed by atoms with Crippen molar-refractivity contribution in [1.82, 2.24) is 9.78 Å². The Morgan fingerprint density at radius 2 is 1.80 bits per heavy atom. The van der Waals surface area contributed by atoms with E-state index in [0.717, 1.165) is 49.8 Å². The van der Waals surface area contributed by atoms with E-state index in [0.29, 0.717) is 0 Å². The molecule has 2 aliphatic carbocycles. The number of aromatic nitrogens is 2. The zero-order chi connectivity index (χ0) is 17.1. The molecular weight excluding hydrogens is 312 g/mol. The molecule has 4 heteroatoms. The Hall–Kier alpha value is -1.81. The van der Waals surface area contributed by atoms with Crippen LogP contribution in [0, 0.1) is 11.8 Å². The van der Waals surface area contributed by atoms with Crippen LogP contribution in [-0.2, 0) is 6.54 Å². The molecule has 1 heterocycles. The summed E-state index contributed by atoms with van der Waals surface area (Å²) < 4.78 is 8.03. The van der Waals surface area contributed by atoms with E-state index in [1.807, 2.05) is 29.1 Å². The van der Waals surface area contributed by atoms with Gasteiger partial charge in [-0.25, -0.2) is 0 Å². The van der Waals surface area contributed by atoms with Crippen molar-refractivity contribution in [1.29, 1.82) is 0 Å². The highest BCUT2D eigenvalue weighted by Gasteiger charge is 2.37. The van der Waals surface area contributed by atoms with Crippen molar-refractivity contribution in [2.45, 2.75) is 63.7 Å². The van der Waals surface area contributed by atoms with Crippen molar-refractivity contribution in [3.8, 4) is 5.75 Å². The van der Waals surface area contributed by atoms with Crippen molar-refractivity contribution in [3.63, 3.8) is 0 Å². The first-order chi connectivity index (χ1) is 12.3. The molecule has 1 aromatic heterocycles. The van der Waals surface area contributed by atoms with E-state index in [-0.39, 0.29) is 12.2 Å². The molecule has 1 N–H and O–H groups in total. The van der Waals surface area contributed by atoms with Crippen molar-refractivity contribution in [2.24, 2.45) is 11.8 Å². The number of fused-ring (bicyclic) bond motifs is 1. The standard InChI is InChI=1S/C21H28N2O2/c24-20-10-4-8-17-12-18(17)9-5-11-21(20)25-19-13-22-23(15-19)14-16-6-2-1-3-7-16/h1-3,6-7,13,15,17-18,20-21,24H,4-5,8-12,14H2/t17-,18+,20+,21+/m0/s1. The lowest BCUT2D eigenvalue weighted by atomic mass is 9.97. The molecule has 0 bridgehead atoms. The fraction of sp³-hybridized carbons (Fsp3) is 0.571. The van der Waals surface area contributed by atoms with Gasteiger partial charge in [-0.05, 0) is 43.1 Å². The summed E-state index contributed by atoms with van der Waals surface area (Å²) >= 11 is 0. The summed E-state index contributed by atoms with van der Waals surface area (Å²) in [7, 11) is 0. The van der Waals surface area contributed by atoms with Crippen LogP contribution >= 0.6 is 0 Å². The molecule has 0 unspecified atom stereocenters. The molecule has 0 radical (unpaired) electrons. The number of ether oxygens (including phenoxy) is 1. The van der Waals surface area contributed by atoms with Gasteiger partial charge < -0.3 is 9.84 Å². The highest BCUT2D eigenvalue weighted by Crippen LogP contribution is 2.46. The summed E-state index contributed by atoms with van der Waals surface area (Å²) in [6, 6.07) is 10.3. The molecular formula is C21H28N2O2. The number of rotatable bonds is 4. The first-order valence-corrected chi connectivity index (χ1v) is 9.69. The lowest BCUT2D eigenvalue weighted by molar-refractivity contribution is 0.0216. The van der Waals surface area contributed by atoms with Gasteiger partial charge in [-0.3, -0.25) is 4.68 Å². The zero-order valence-electron chi connectivity index (χ0n) is 14.8. The van der Waals surface area contributed by atoms with E-state index in [2.05, 4.69) is 17.2 Å². The minimum absolute atomic E-state index is 0.107. The van der Waals surface area contributed by atoms with Gasteiger partial charge in [0.1, 0.15) is 6.10 Å². The molecule has 0 aliphatic heterocycles. The Labute approximate surface area is 149 Å². The second-order valence-electron chi connectivity index (χ2n) is 7.70. The maximum Gasteiger partial charge on any atom is 0.157 e. The number of benzene rings is 1. The van der Waals surface area contributed by atoms with Gasteiger partial charge in [-0.2, -0.15) is 5.10 Å². The van der Waals surface area contributed by atoms with E-state index in [9.17, 15) is 5.11 Å². The van der Waals surface area contributed by atoms with Crippen LogP contribution in [0.3, 0.4) is 0 Å². The summed E-state index contributed by atoms with van der Waals surface area (Å²) in [5, 5.41) is 14.9. The van der Waals surface area contributed by atoms with Gasteiger partial charge in [0, 0.05) is 0 Å². The summed E-state index contributed by atoms with van der Waals surface area (Å²) in [5.41, 5.74) is 1.22. The molecule has 25 heavy (non-hydrogen) atoms. The molecule has 4 nitrogen and oxygen atoms in total. The maximum atomic E-state index is 10.5. The van der Waals surface area contributed by atoms with Crippen LogP contribution in [0.5, 0.6) is 5.75 Å². The van der Waals surface area contributed by atoms with Crippen molar-refractivity contribution in [3.05, 3.63) is 48.3 Å². The van der Waals surface area contributed by atoms with Gasteiger partial charge in [0.25, 0.3) is 0 Å². The van der Waals surface area contributed by atoms with Gasteiger partial charge in [-0.1, -0.05) is 49.6 Å². The number of hydrogen-bond donors (Lipinski definition) is 1. The first kappa shape index (κ1) is 16.6. The molecule has 0 saturated heterocycles. The lowest BCUT2D eigenvalue weighted by Crippen LogP contribution is -2.32. The monoisotopic (exact) mass is 340 g/mol. The first-order valence-electron chi connectivity index (χ1n) is 9.69. The molecule has 134 valence electrons. The molecule has 1 aromatic carbocycles. The SMILES string of the molecule is O[C@@H]1CCC[C@H]2C[C@H]2CCC[C@H]1Oc1cnn(Cc2ccccc2)c1. The maximum absolute atomic E-state index is 10.5. The quantitative estimate of drug-likeness (QED) is 0.914. The van der Waals surface area contributed by atoms with Gasteiger partial charge in [0.05, 0.1) is 25.0 Å². The van der Waals surface area contributed by atoms with E-state index >= 15 is 0 Å². The smallest absolute Gasteiger partial charge is 0.157 e. The minimum Gasteiger partial charge on any atom is -0.484 e. The minimum atomic E-state index is -0.368. The third kappa shape index (κ3) is 4.43. The summed E-state index contributed by atoms with van der Waals surface area (Å²) in [5.74, 6) is 2.66. The van der Waals surface area contributed by atoms with Crippen LogP contribution in [0.2, 0.25) is 0 Å². The predicted octanol–water partition coefficient (Wildman–Crippen LogP) is 4.03. The fourth-order valence-corrected chi connectivity index (χ4v) is 4.14. The van der Waals surface area contributed by atoms with Gasteiger partial charge in [0.2, 0.25) is 0 Å². The van der Waals surface area contributed by atoms with Crippen LogP contribution < -0.4 is 4.74 Å². The third-order valence-corrected chi connectivity index (χ3v) is 5.72. The van der Waals surface area contributed by atoms with Crippen LogP contribution in [0.4, 0.5) is 0 Å². The zero-order valence-corrected chi connectivity index (χ0v) is 14.8. The van der Waals surface area contributed by atoms with Crippen LogP contribution in [0.1, 0.15) is 50.5 Å². The average molecular weight is 340 g/mol. The normalized spacial score (nSPS) is 29.6. The Balaban J connectivity index is 1.36. The Morgan fingerprint density at radius 1 is 1.04 bits per heavy atom. The molecule has 4 atom stereocenters. The number of hydrogen-bond acceptors (Lipinski definition) is 3. The van der Waals surface area contributed by atoms with Crippen molar-refractivity contribution >= 4 is 0 Å². The molecule has 2 fully saturated rings. The van der Waals surface area contributed by atoms with E-state index in [1.165, 1.54) is 24.8 Å². The summed E-state index contributed by atoms with van der Waals surface area (Å²) in [6.45, 7) is 0.737. The molecule has 2 aromatic rings. The van der Waals surface area contributed by atoms with Gasteiger partial charge in [0.15, 0.2) is 5.75 Å². The Bertz CT molecular complexity index is 670.